The molecule has 26 heavy (non-hydrogen) atoms. The SMILES string of the molecule is CC1(C)[C@H](C(F)(F)F)CCN1C(=O)Nc1cccc(N2CCOCC2)c1. The zero-order valence-corrected chi connectivity index (χ0v) is 15.0. The van der Waals surface area contributed by atoms with Gasteiger partial charge in [-0.15, -0.1) is 0 Å². The molecule has 1 aromatic carbocycles. The number of anilines is 2. The van der Waals surface area contributed by atoms with Crippen LogP contribution in [0, 0.1) is 5.92 Å². The Morgan fingerprint density at radius 1 is 1.23 bits per heavy atom. The molecule has 0 saturated carbocycles. The number of amides is 2. The van der Waals surface area contributed by atoms with Crippen molar-refractivity contribution in [3.63, 3.8) is 0 Å². The summed E-state index contributed by atoms with van der Waals surface area (Å²) in [6.07, 6.45) is -4.38. The van der Waals surface area contributed by atoms with E-state index in [0.29, 0.717) is 18.9 Å². The third kappa shape index (κ3) is 3.75. The molecule has 2 heterocycles. The van der Waals surface area contributed by atoms with E-state index < -0.39 is 23.7 Å². The number of morpholine rings is 1. The summed E-state index contributed by atoms with van der Waals surface area (Å²) in [5.74, 6) is -1.51. The van der Waals surface area contributed by atoms with Crippen molar-refractivity contribution in [1.29, 1.82) is 0 Å². The second-order valence-corrected chi connectivity index (χ2v) is 7.27. The van der Waals surface area contributed by atoms with E-state index in [0.717, 1.165) is 18.8 Å². The van der Waals surface area contributed by atoms with Crippen LogP contribution in [0.25, 0.3) is 0 Å². The molecule has 1 N–H and O–H groups in total. The second-order valence-electron chi connectivity index (χ2n) is 7.27. The van der Waals surface area contributed by atoms with Gasteiger partial charge in [-0.25, -0.2) is 4.79 Å². The fourth-order valence-electron chi connectivity index (χ4n) is 3.81. The monoisotopic (exact) mass is 371 g/mol. The van der Waals surface area contributed by atoms with Gasteiger partial charge in [0, 0.05) is 31.0 Å². The fraction of sp³-hybridized carbons (Fsp3) is 0.611. The molecular weight excluding hydrogens is 347 g/mol. The van der Waals surface area contributed by atoms with E-state index in [9.17, 15) is 18.0 Å². The molecule has 2 saturated heterocycles. The molecule has 0 aromatic heterocycles. The standard InChI is InChI=1S/C18H24F3N3O2/c1-17(2)15(18(19,20)21)6-7-24(17)16(25)22-13-4-3-5-14(12-13)23-8-10-26-11-9-23/h3-5,12,15H,6-11H2,1-2H3,(H,22,25)/t15-/m1/s1. The molecule has 0 bridgehead atoms. The number of rotatable bonds is 2. The number of hydrogen-bond acceptors (Lipinski definition) is 3. The lowest BCUT2D eigenvalue weighted by molar-refractivity contribution is -0.189. The van der Waals surface area contributed by atoms with Crippen LogP contribution in [0.5, 0.6) is 0 Å². The molecule has 5 nitrogen and oxygen atoms in total. The predicted molar refractivity (Wildman–Crippen MR) is 93.4 cm³/mol. The molecule has 0 unspecified atom stereocenters. The number of benzene rings is 1. The molecule has 2 amide bonds. The topological polar surface area (TPSA) is 44.8 Å². The number of alkyl halides is 3. The van der Waals surface area contributed by atoms with Gasteiger partial charge in [0.2, 0.25) is 0 Å². The molecule has 1 aromatic rings. The lowest BCUT2D eigenvalue weighted by Crippen LogP contribution is -2.51. The largest absolute Gasteiger partial charge is 0.394 e. The third-order valence-corrected chi connectivity index (χ3v) is 5.30. The van der Waals surface area contributed by atoms with Gasteiger partial charge in [-0.1, -0.05) is 6.07 Å². The molecule has 1 atom stereocenters. The predicted octanol–water partition coefficient (Wildman–Crippen LogP) is 3.72. The highest BCUT2D eigenvalue weighted by Gasteiger charge is 2.56. The maximum atomic E-state index is 13.2. The summed E-state index contributed by atoms with van der Waals surface area (Å²) in [5.41, 5.74) is 0.259. The van der Waals surface area contributed by atoms with Crippen molar-refractivity contribution in [2.24, 2.45) is 5.92 Å². The Hall–Kier alpha value is -1.96. The molecule has 2 aliphatic rings. The van der Waals surface area contributed by atoms with Crippen molar-refractivity contribution in [3.8, 4) is 0 Å². The van der Waals surface area contributed by atoms with E-state index in [-0.39, 0.29) is 13.0 Å². The summed E-state index contributed by atoms with van der Waals surface area (Å²) >= 11 is 0. The molecule has 2 aliphatic heterocycles. The van der Waals surface area contributed by atoms with Crippen molar-refractivity contribution < 1.29 is 22.7 Å². The van der Waals surface area contributed by atoms with Gasteiger partial charge in [-0.3, -0.25) is 0 Å². The number of nitrogens with one attached hydrogen (secondary N) is 1. The Morgan fingerprint density at radius 2 is 1.92 bits per heavy atom. The van der Waals surface area contributed by atoms with Crippen molar-refractivity contribution in [2.75, 3.05) is 43.1 Å². The van der Waals surface area contributed by atoms with Crippen LogP contribution >= 0.6 is 0 Å². The number of carbonyl (C=O) groups excluding carboxylic acids is 1. The second kappa shape index (κ2) is 6.98. The minimum Gasteiger partial charge on any atom is -0.378 e. The van der Waals surface area contributed by atoms with Crippen LogP contribution in [-0.4, -0.2) is 55.5 Å². The van der Waals surface area contributed by atoms with Gasteiger partial charge in [0.1, 0.15) is 0 Å². The minimum absolute atomic E-state index is 0.0717. The highest BCUT2D eigenvalue weighted by Crippen LogP contribution is 2.44. The zero-order valence-electron chi connectivity index (χ0n) is 15.0. The summed E-state index contributed by atoms with van der Waals surface area (Å²) in [7, 11) is 0. The van der Waals surface area contributed by atoms with Crippen molar-refractivity contribution >= 4 is 17.4 Å². The highest BCUT2D eigenvalue weighted by atomic mass is 19.4. The van der Waals surface area contributed by atoms with Gasteiger partial charge >= 0.3 is 12.2 Å². The molecule has 0 radical (unpaired) electrons. The van der Waals surface area contributed by atoms with Crippen LogP contribution in [0.2, 0.25) is 0 Å². The van der Waals surface area contributed by atoms with E-state index in [2.05, 4.69) is 10.2 Å². The van der Waals surface area contributed by atoms with Gasteiger partial charge in [-0.2, -0.15) is 13.2 Å². The van der Waals surface area contributed by atoms with Crippen molar-refractivity contribution in [3.05, 3.63) is 24.3 Å². The van der Waals surface area contributed by atoms with E-state index in [1.807, 2.05) is 18.2 Å². The van der Waals surface area contributed by atoms with Crippen LogP contribution in [-0.2, 0) is 4.74 Å². The van der Waals surface area contributed by atoms with Gasteiger partial charge in [-0.05, 0) is 38.5 Å². The molecule has 0 aliphatic carbocycles. The quantitative estimate of drug-likeness (QED) is 0.862. The summed E-state index contributed by atoms with van der Waals surface area (Å²) in [6, 6.07) is 6.86. The number of carbonyl (C=O) groups is 1. The summed E-state index contributed by atoms with van der Waals surface area (Å²) in [6.45, 7) is 5.87. The fourth-order valence-corrected chi connectivity index (χ4v) is 3.81. The lowest BCUT2D eigenvalue weighted by atomic mass is 9.88. The maximum absolute atomic E-state index is 13.2. The van der Waals surface area contributed by atoms with E-state index >= 15 is 0 Å². The molecule has 2 fully saturated rings. The molecule has 144 valence electrons. The van der Waals surface area contributed by atoms with E-state index in [1.54, 1.807) is 6.07 Å². The first-order chi connectivity index (χ1) is 12.2. The zero-order chi connectivity index (χ0) is 18.9. The van der Waals surface area contributed by atoms with Gasteiger partial charge < -0.3 is 19.9 Å². The number of likely N-dealkylation sites (tertiary alicyclic amines) is 1. The van der Waals surface area contributed by atoms with Gasteiger partial charge in [0.05, 0.1) is 24.7 Å². The van der Waals surface area contributed by atoms with Crippen molar-refractivity contribution in [1.82, 2.24) is 4.90 Å². The Morgan fingerprint density at radius 3 is 2.54 bits per heavy atom. The van der Waals surface area contributed by atoms with E-state index in [1.165, 1.54) is 18.7 Å². The van der Waals surface area contributed by atoms with Crippen LogP contribution in [0.3, 0.4) is 0 Å². The summed E-state index contributed by atoms with van der Waals surface area (Å²) in [4.78, 5) is 16.0. The highest BCUT2D eigenvalue weighted by molar-refractivity contribution is 5.90. The van der Waals surface area contributed by atoms with Crippen LogP contribution in [0.1, 0.15) is 20.3 Å². The average molecular weight is 371 g/mol. The third-order valence-electron chi connectivity index (χ3n) is 5.30. The Kier molecular flexibility index (Phi) is 5.05. The first-order valence-electron chi connectivity index (χ1n) is 8.77. The van der Waals surface area contributed by atoms with Crippen molar-refractivity contribution in [2.45, 2.75) is 32.0 Å². The molecule has 8 heteroatoms. The Bertz CT molecular complexity index is 657. The minimum atomic E-state index is -4.31. The van der Waals surface area contributed by atoms with E-state index in [4.69, 9.17) is 4.74 Å². The first-order valence-corrected chi connectivity index (χ1v) is 8.77. The molecular formula is C18H24F3N3O2. The number of halogens is 3. The average Bonchev–Trinajstić information content (AvgIpc) is 2.91. The normalized spacial score (nSPS) is 23.2. The van der Waals surface area contributed by atoms with Crippen LogP contribution < -0.4 is 10.2 Å². The number of ether oxygens (including phenoxy) is 1. The first kappa shape index (κ1) is 18.8. The lowest BCUT2D eigenvalue weighted by Gasteiger charge is -2.36. The summed E-state index contributed by atoms with van der Waals surface area (Å²) < 4.78 is 44.9. The number of nitrogens with zero attached hydrogens (tertiary/aromatic N) is 2. The van der Waals surface area contributed by atoms with Gasteiger partial charge in [0.25, 0.3) is 0 Å². The van der Waals surface area contributed by atoms with Crippen LogP contribution in [0.4, 0.5) is 29.3 Å². The number of urea groups is 1. The Labute approximate surface area is 151 Å². The smallest absolute Gasteiger partial charge is 0.378 e. The molecule has 3 rings (SSSR count). The molecule has 0 spiro atoms. The number of hydrogen-bond donors (Lipinski definition) is 1. The maximum Gasteiger partial charge on any atom is 0.394 e. The van der Waals surface area contributed by atoms with Crippen LogP contribution in [0.15, 0.2) is 24.3 Å². The Balaban J connectivity index is 1.70. The summed E-state index contributed by atoms with van der Waals surface area (Å²) in [5, 5.41) is 2.75. The van der Waals surface area contributed by atoms with Gasteiger partial charge in [0.15, 0.2) is 0 Å².